The van der Waals surface area contributed by atoms with Gasteiger partial charge in [0.25, 0.3) is 0 Å². The van der Waals surface area contributed by atoms with E-state index in [4.69, 9.17) is 20.5 Å². The average Bonchev–Trinajstić information content (AvgIpc) is 2.15. The van der Waals surface area contributed by atoms with Crippen molar-refractivity contribution in [3.05, 3.63) is 35.4 Å². The van der Waals surface area contributed by atoms with Crippen molar-refractivity contribution < 1.29 is 8.85 Å². The molecule has 0 radical (unpaired) electrons. The van der Waals surface area contributed by atoms with Gasteiger partial charge >= 0.3 is 0 Å². The van der Waals surface area contributed by atoms with Crippen molar-refractivity contribution in [3.8, 4) is 0 Å². The maximum atomic E-state index is 6.98. The van der Waals surface area contributed by atoms with Crippen LogP contribution >= 0.6 is 11.6 Å². The highest BCUT2D eigenvalue weighted by Crippen LogP contribution is 2.16. The number of ether oxygens (including phenoxy) is 1. The molecule has 0 aliphatic rings. The number of alkyl halides is 1. The fourth-order valence-corrected chi connectivity index (χ4v) is 1.12. The van der Waals surface area contributed by atoms with Gasteiger partial charge in [0, 0.05) is 12.9 Å². The van der Waals surface area contributed by atoms with Crippen molar-refractivity contribution in [1.82, 2.24) is 0 Å². The van der Waals surface area contributed by atoms with Crippen LogP contribution in [0.2, 0.25) is 0 Å². The Labute approximate surface area is 82.5 Å². The molecule has 0 saturated heterocycles. The van der Waals surface area contributed by atoms with Gasteiger partial charge in [0.05, 0.1) is 10.2 Å². The summed E-state index contributed by atoms with van der Waals surface area (Å²) in [5, 5.41) is 0. The lowest BCUT2D eigenvalue weighted by atomic mass is 10.1. The van der Waals surface area contributed by atoms with Crippen molar-refractivity contribution in [2.45, 2.75) is 18.9 Å². The van der Waals surface area contributed by atoms with E-state index in [2.05, 4.69) is 0 Å². The lowest BCUT2D eigenvalue weighted by molar-refractivity contribution is 0.119. The van der Waals surface area contributed by atoms with Gasteiger partial charge in [0.2, 0.25) is 0 Å². The van der Waals surface area contributed by atoms with E-state index in [0.29, 0.717) is 5.88 Å². The summed E-state index contributed by atoms with van der Waals surface area (Å²) in [6.45, 7) is 1.71. The third-order valence-electron chi connectivity index (χ3n) is 1.78. The minimum atomic E-state index is -2.36. The summed E-state index contributed by atoms with van der Waals surface area (Å²) in [6.07, 6.45) is -0.443. The highest BCUT2D eigenvalue weighted by molar-refractivity contribution is 6.17. The zero-order valence-corrected chi connectivity index (χ0v) is 7.64. The molecular weight excluding hydrogens is 172 g/mol. The number of benzene rings is 1. The van der Waals surface area contributed by atoms with Crippen LogP contribution in [0.15, 0.2) is 24.3 Å². The first-order valence-electron chi connectivity index (χ1n) is 5.25. The zero-order valence-electron chi connectivity index (χ0n) is 9.88. The summed E-state index contributed by atoms with van der Waals surface area (Å²) in [7, 11) is -2.36. The van der Waals surface area contributed by atoms with E-state index < -0.39 is 13.1 Å². The van der Waals surface area contributed by atoms with E-state index in [-0.39, 0.29) is 0 Å². The minimum absolute atomic E-state index is 0.443. The van der Waals surface area contributed by atoms with Gasteiger partial charge in [-0.25, -0.2) is 0 Å². The molecule has 66 valence electrons. The first kappa shape index (κ1) is 6.01. The van der Waals surface area contributed by atoms with E-state index in [1.165, 1.54) is 0 Å². The van der Waals surface area contributed by atoms with Gasteiger partial charge in [-0.05, 0) is 18.1 Å². The number of methoxy groups -OCH3 is 1. The maximum Gasteiger partial charge on any atom is 0.0793 e. The Morgan fingerprint density at radius 1 is 1.50 bits per heavy atom. The Kier molecular flexibility index (Phi) is 2.24. The molecule has 0 spiro atoms. The molecule has 0 bridgehead atoms. The first-order valence-corrected chi connectivity index (χ1v) is 4.28. The average molecular weight is 188 g/mol. The molecule has 0 aliphatic heterocycles. The molecule has 2 heteroatoms. The molecule has 0 aliphatic carbocycles. The summed E-state index contributed by atoms with van der Waals surface area (Å²) in [6, 6.07) is 7.38. The Morgan fingerprint density at radius 2 is 2.17 bits per heavy atom. The van der Waals surface area contributed by atoms with Crippen LogP contribution in [0, 0.1) is 0 Å². The smallest absolute Gasteiger partial charge is 0.0793 e. The van der Waals surface area contributed by atoms with Crippen molar-refractivity contribution in [1.29, 1.82) is 0 Å². The molecule has 1 atom stereocenters. The summed E-state index contributed by atoms with van der Waals surface area (Å²) in [4.78, 5) is 0. The summed E-state index contributed by atoms with van der Waals surface area (Å²) in [5.74, 6) is 0.453. The second-order valence-corrected chi connectivity index (χ2v) is 2.90. The van der Waals surface area contributed by atoms with Gasteiger partial charge in [0.1, 0.15) is 0 Å². The second kappa shape index (κ2) is 4.48. The summed E-state index contributed by atoms with van der Waals surface area (Å²) in [5.41, 5.74) is 1.83. The molecule has 12 heavy (non-hydrogen) atoms. The number of halogens is 1. The van der Waals surface area contributed by atoms with Gasteiger partial charge in [-0.2, -0.15) is 0 Å². The van der Waals surface area contributed by atoms with Crippen LogP contribution in [-0.4, -0.2) is 7.04 Å². The van der Waals surface area contributed by atoms with Crippen molar-refractivity contribution in [3.63, 3.8) is 0 Å². The Hall–Kier alpha value is -0.530. The number of hydrogen-bond acceptors (Lipinski definition) is 1. The number of hydrogen-bond donors (Lipinski definition) is 0. The molecule has 1 aromatic carbocycles. The van der Waals surface area contributed by atoms with E-state index in [9.17, 15) is 0 Å². The maximum absolute atomic E-state index is 6.98. The minimum Gasteiger partial charge on any atom is -0.377 e. The van der Waals surface area contributed by atoms with E-state index in [1.807, 2.05) is 24.3 Å². The molecule has 0 aromatic heterocycles. The SMILES string of the molecule is [2H]C([2H])([2H])O[C@@H](C)c1ccc(CCl)cc1. The third-order valence-corrected chi connectivity index (χ3v) is 2.09. The van der Waals surface area contributed by atoms with Crippen LogP contribution in [0.1, 0.15) is 28.3 Å². The first-order chi connectivity index (χ1) is 6.92. The highest BCUT2D eigenvalue weighted by Gasteiger charge is 2.01. The molecule has 0 amide bonds. The van der Waals surface area contributed by atoms with E-state index in [0.717, 1.165) is 11.1 Å². The Morgan fingerprint density at radius 3 is 2.67 bits per heavy atom. The predicted octanol–water partition coefficient (Wildman–Crippen LogP) is 3.13. The van der Waals surface area contributed by atoms with Crippen molar-refractivity contribution in [2.75, 3.05) is 7.04 Å². The zero-order chi connectivity index (χ0) is 11.5. The summed E-state index contributed by atoms with van der Waals surface area (Å²) < 4.78 is 25.8. The highest BCUT2D eigenvalue weighted by atomic mass is 35.5. The van der Waals surface area contributed by atoms with Gasteiger partial charge in [-0.1, -0.05) is 24.3 Å². The molecule has 1 nitrogen and oxygen atoms in total. The van der Waals surface area contributed by atoms with E-state index in [1.54, 1.807) is 6.92 Å². The Balaban J connectivity index is 2.70. The molecule has 0 heterocycles. The van der Waals surface area contributed by atoms with Gasteiger partial charge in [-0.3, -0.25) is 0 Å². The fourth-order valence-electron chi connectivity index (χ4n) is 0.946. The monoisotopic (exact) mass is 187 g/mol. The van der Waals surface area contributed by atoms with Crippen molar-refractivity contribution >= 4 is 11.6 Å². The van der Waals surface area contributed by atoms with Crippen LogP contribution < -0.4 is 0 Å². The predicted molar refractivity (Wildman–Crippen MR) is 51.4 cm³/mol. The molecule has 1 rings (SSSR count). The van der Waals surface area contributed by atoms with Crippen LogP contribution in [0.25, 0.3) is 0 Å². The number of rotatable bonds is 3. The fraction of sp³-hybridized carbons (Fsp3) is 0.400. The normalized spacial score (nSPS) is 17.7. The molecular formula is C10H13ClO. The van der Waals surface area contributed by atoms with Crippen LogP contribution in [0.4, 0.5) is 0 Å². The van der Waals surface area contributed by atoms with Gasteiger partial charge in [0.15, 0.2) is 0 Å². The largest absolute Gasteiger partial charge is 0.377 e. The molecule has 0 saturated carbocycles. The molecule has 0 N–H and O–H groups in total. The van der Waals surface area contributed by atoms with Gasteiger partial charge < -0.3 is 4.74 Å². The topological polar surface area (TPSA) is 9.23 Å². The third kappa shape index (κ3) is 2.23. The molecule has 1 aromatic rings. The second-order valence-electron chi connectivity index (χ2n) is 2.64. The molecule has 0 fully saturated rings. The quantitative estimate of drug-likeness (QED) is 0.661. The van der Waals surface area contributed by atoms with Crippen LogP contribution in [0.3, 0.4) is 0 Å². The van der Waals surface area contributed by atoms with Crippen LogP contribution in [0.5, 0.6) is 0 Å². The summed E-state index contributed by atoms with van der Waals surface area (Å²) >= 11 is 5.64. The Bertz CT molecular complexity index is 307. The van der Waals surface area contributed by atoms with E-state index >= 15 is 0 Å². The standard InChI is InChI=1S/C10H13ClO/c1-8(12-2)10-5-3-9(7-11)4-6-10/h3-6,8H,7H2,1-2H3/t8-/m0/s1/i2D3. The van der Waals surface area contributed by atoms with Crippen molar-refractivity contribution in [2.24, 2.45) is 0 Å². The lowest BCUT2D eigenvalue weighted by Gasteiger charge is -2.09. The van der Waals surface area contributed by atoms with Gasteiger partial charge in [-0.15, -0.1) is 11.6 Å². The molecule has 0 unspecified atom stereocenters. The lowest BCUT2D eigenvalue weighted by Crippen LogP contribution is -1.95. The van der Waals surface area contributed by atoms with Crippen LogP contribution in [-0.2, 0) is 10.6 Å².